The van der Waals surface area contributed by atoms with Crippen LogP contribution >= 0.6 is 11.6 Å². The van der Waals surface area contributed by atoms with Crippen molar-refractivity contribution >= 4 is 29.0 Å². The van der Waals surface area contributed by atoms with E-state index in [1.54, 1.807) is 30.5 Å². The average molecular weight is 287 g/mol. The fourth-order valence-electron chi connectivity index (χ4n) is 1.89. The van der Waals surface area contributed by atoms with Crippen molar-refractivity contribution in [3.8, 4) is 0 Å². The molecule has 3 aromatic heterocycles. The van der Waals surface area contributed by atoms with Gasteiger partial charge in [-0.25, -0.2) is 9.97 Å². The van der Waals surface area contributed by atoms with E-state index in [0.717, 1.165) is 11.3 Å². The number of aromatic nitrogens is 3. The van der Waals surface area contributed by atoms with Crippen molar-refractivity contribution in [1.82, 2.24) is 14.4 Å². The van der Waals surface area contributed by atoms with Crippen LogP contribution in [0.15, 0.2) is 42.9 Å². The van der Waals surface area contributed by atoms with Crippen LogP contribution in [-0.2, 0) is 0 Å². The lowest BCUT2D eigenvalue weighted by Crippen LogP contribution is -2.13. The number of hydrogen-bond donors (Lipinski definition) is 1. The molecular weight excluding hydrogens is 276 g/mol. The number of anilines is 1. The van der Waals surface area contributed by atoms with Crippen molar-refractivity contribution in [3.05, 3.63) is 59.1 Å². The van der Waals surface area contributed by atoms with Gasteiger partial charge in [0.15, 0.2) is 0 Å². The highest BCUT2D eigenvalue weighted by molar-refractivity contribution is 6.30. The molecule has 0 saturated heterocycles. The third-order valence-corrected chi connectivity index (χ3v) is 3.04. The van der Waals surface area contributed by atoms with E-state index < -0.39 is 0 Å². The Labute approximate surface area is 120 Å². The number of carbonyl (C=O) groups is 1. The summed E-state index contributed by atoms with van der Waals surface area (Å²) in [6.07, 6.45) is 5.19. The van der Waals surface area contributed by atoms with Crippen molar-refractivity contribution in [3.63, 3.8) is 0 Å². The smallest absolute Gasteiger partial charge is 0.257 e. The van der Waals surface area contributed by atoms with Crippen LogP contribution < -0.4 is 5.32 Å². The summed E-state index contributed by atoms with van der Waals surface area (Å²) < 4.78 is 1.87. The van der Waals surface area contributed by atoms with Crippen LogP contribution in [0.2, 0.25) is 5.02 Å². The summed E-state index contributed by atoms with van der Waals surface area (Å²) in [6, 6.07) is 6.79. The van der Waals surface area contributed by atoms with Gasteiger partial charge in [0, 0.05) is 24.2 Å². The van der Waals surface area contributed by atoms with E-state index in [0.29, 0.717) is 16.4 Å². The molecule has 0 bridgehead atoms. The first-order valence-corrected chi connectivity index (χ1v) is 6.38. The number of rotatable bonds is 2. The topological polar surface area (TPSA) is 59.3 Å². The number of halogens is 1. The van der Waals surface area contributed by atoms with Crippen molar-refractivity contribution in [2.75, 3.05) is 5.32 Å². The molecule has 0 aliphatic rings. The molecule has 100 valence electrons. The third kappa shape index (κ3) is 2.48. The molecule has 0 aromatic carbocycles. The Hall–Kier alpha value is -2.40. The minimum absolute atomic E-state index is 0.233. The lowest BCUT2D eigenvalue weighted by molar-refractivity contribution is 0.102. The van der Waals surface area contributed by atoms with Crippen molar-refractivity contribution in [1.29, 1.82) is 0 Å². The third-order valence-electron chi connectivity index (χ3n) is 2.81. The largest absolute Gasteiger partial charge is 0.307 e. The zero-order chi connectivity index (χ0) is 14.1. The van der Waals surface area contributed by atoms with Gasteiger partial charge in [-0.2, -0.15) is 0 Å². The first kappa shape index (κ1) is 12.6. The van der Waals surface area contributed by atoms with E-state index in [-0.39, 0.29) is 5.91 Å². The Morgan fingerprint density at radius 1 is 1.35 bits per heavy atom. The molecule has 0 radical (unpaired) electrons. The summed E-state index contributed by atoms with van der Waals surface area (Å²) >= 11 is 5.75. The fourth-order valence-corrected chi connectivity index (χ4v) is 2.00. The van der Waals surface area contributed by atoms with Crippen LogP contribution in [0.5, 0.6) is 0 Å². The fraction of sp³-hybridized carbons (Fsp3) is 0.0714. The van der Waals surface area contributed by atoms with E-state index in [2.05, 4.69) is 15.3 Å². The van der Waals surface area contributed by atoms with Crippen molar-refractivity contribution in [2.24, 2.45) is 0 Å². The molecule has 3 aromatic rings. The van der Waals surface area contributed by atoms with E-state index >= 15 is 0 Å². The van der Waals surface area contributed by atoms with Gasteiger partial charge in [-0.15, -0.1) is 0 Å². The second-order valence-corrected chi connectivity index (χ2v) is 4.82. The molecule has 0 aliphatic heterocycles. The summed E-state index contributed by atoms with van der Waals surface area (Å²) in [6.45, 7) is 1.91. The van der Waals surface area contributed by atoms with E-state index in [1.807, 2.05) is 17.5 Å². The summed E-state index contributed by atoms with van der Waals surface area (Å²) in [5.41, 5.74) is 2.17. The van der Waals surface area contributed by atoms with Gasteiger partial charge in [0.05, 0.1) is 10.7 Å². The maximum Gasteiger partial charge on any atom is 0.257 e. The van der Waals surface area contributed by atoms with Crippen molar-refractivity contribution in [2.45, 2.75) is 6.92 Å². The van der Waals surface area contributed by atoms with E-state index in [1.165, 1.54) is 6.20 Å². The standard InChI is InChI=1S/C14H11ClN4O/c1-9-8-19-5-4-10(6-13(19)17-9)14(20)18-12-3-2-11(15)7-16-12/h2-8H,1H3,(H,16,18,20). The van der Waals surface area contributed by atoms with Gasteiger partial charge >= 0.3 is 0 Å². The number of fused-ring (bicyclic) bond motifs is 1. The highest BCUT2D eigenvalue weighted by Crippen LogP contribution is 2.12. The number of imidazole rings is 1. The van der Waals surface area contributed by atoms with Crippen LogP contribution in [0.3, 0.4) is 0 Å². The predicted octanol–water partition coefficient (Wildman–Crippen LogP) is 2.94. The number of carbonyl (C=O) groups excluding carboxylic acids is 1. The molecule has 3 rings (SSSR count). The highest BCUT2D eigenvalue weighted by Gasteiger charge is 2.08. The zero-order valence-electron chi connectivity index (χ0n) is 10.7. The first-order chi connectivity index (χ1) is 9.61. The van der Waals surface area contributed by atoms with Crippen LogP contribution in [-0.4, -0.2) is 20.3 Å². The molecule has 1 N–H and O–H groups in total. The second-order valence-electron chi connectivity index (χ2n) is 4.38. The van der Waals surface area contributed by atoms with Crippen LogP contribution in [0, 0.1) is 6.92 Å². The van der Waals surface area contributed by atoms with E-state index in [4.69, 9.17) is 11.6 Å². The Balaban J connectivity index is 1.86. The number of nitrogens with one attached hydrogen (secondary N) is 1. The molecular formula is C14H11ClN4O. The first-order valence-electron chi connectivity index (χ1n) is 6.00. The second kappa shape index (κ2) is 4.94. The summed E-state index contributed by atoms with van der Waals surface area (Å²) in [5.74, 6) is 0.224. The number of nitrogens with zero attached hydrogens (tertiary/aromatic N) is 3. The lowest BCUT2D eigenvalue weighted by Gasteiger charge is -2.04. The zero-order valence-corrected chi connectivity index (χ0v) is 11.4. The number of amides is 1. The molecule has 20 heavy (non-hydrogen) atoms. The quantitative estimate of drug-likeness (QED) is 0.788. The van der Waals surface area contributed by atoms with Gasteiger partial charge < -0.3 is 9.72 Å². The van der Waals surface area contributed by atoms with Gasteiger partial charge in [0.25, 0.3) is 5.91 Å². The SMILES string of the molecule is Cc1cn2ccc(C(=O)Nc3ccc(Cl)cn3)cc2n1. The van der Waals surface area contributed by atoms with Gasteiger partial charge in [0.2, 0.25) is 0 Å². The molecule has 0 spiro atoms. The Morgan fingerprint density at radius 2 is 2.20 bits per heavy atom. The Kier molecular flexibility index (Phi) is 3.12. The Morgan fingerprint density at radius 3 is 2.95 bits per heavy atom. The van der Waals surface area contributed by atoms with Gasteiger partial charge in [-0.1, -0.05) is 11.6 Å². The highest BCUT2D eigenvalue weighted by atomic mass is 35.5. The van der Waals surface area contributed by atoms with Crippen LogP contribution in [0.4, 0.5) is 5.82 Å². The molecule has 1 amide bonds. The molecule has 6 heteroatoms. The lowest BCUT2D eigenvalue weighted by atomic mass is 10.2. The number of pyridine rings is 2. The molecule has 0 atom stereocenters. The maximum absolute atomic E-state index is 12.1. The normalized spacial score (nSPS) is 10.7. The monoisotopic (exact) mass is 286 g/mol. The summed E-state index contributed by atoms with van der Waals surface area (Å²) in [5, 5.41) is 3.24. The van der Waals surface area contributed by atoms with Crippen LogP contribution in [0.1, 0.15) is 16.1 Å². The number of aryl methyl sites for hydroxylation is 1. The number of hydrogen-bond acceptors (Lipinski definition) is 3. The van der Waals surface area contributed by atoms with Crippen molar-refractivity contribution < 1.29 is 4.79 Å². The van der Waals surface area contributed by atoms with Gasteiger partial charge in [-0.3, -0.25) is 4.79 Å². The molecule has 0 unspecified atom stereocenters. The van der Waals surface area contributed by atoms with Gasteiger partial charge in [0.1, 0.15) is 11.5 Å². The minimum Gasteiger partial charge on any atom is -0.307 e. The molecule has 5 nitrogen and oxygen atoms in total. The maximum atomic E-state index is 12.1. The van der Waals surface area contributed by atoms with E-state index in [9.17, 15) is 4.79 Å². The predicted molar refractivity (Wildman–Crippen MR) is 77.1 cm³/mol. The van der Waals surface area contributed by atoms with Gasteiger partial charge in [-0.05, 0) is 31.2 Å². The average Bonchev–Trinajstić information content (AvgIpc) is 2.80. The summed E-state index contributed by atoms with van der Waals surface area (Å²) in [4.78, 5) is 20.5. The van der Waals surface area contributed by atoms with Crippen LogP contribution in [0.25, 0.3) is 5.65 Å². The Bertz CT molecular complexity index is 779. The molecule has 0 saturated carbocycles. The molecule has 0 fully saturated rings. The molecule has 0 aliphatic carbocycles. The summed E-state index contributed by atoms with van der Waals surface area (Å²) in [7, 11) is 0. The molecule has 3 heterocycles. The minimum atomic E-state index is -0.233.